The molecule has 0 spiro atoms. The fourth-order valence-electron chi connectivity index (χ4n) is 2.32. The van der Waals surface area contributed by atoms with Gasteiger partial charge in [0.15, 0.2) is 11.5 Å². The van der Waals surface area contributed by atoms with Gasteiger partial charge < -0.3 is 9.47 Å². The number of ether oxygens (including phenoxy) is 2. The molecule has 0 aliphatic carbocycles. The lowest BCUT2D eigenvalue weighted by Gasteiger charge is -2.22. The molecule has 0 amide bonds. The number of benzene rings is 2. The van der Waals surface area contributed by atoms with E-state index in [9.17, 15) is 0 Å². The summed E-state index contributed by atoms with van der Waals surface area (Å²) in [6, 6.07) is 14.1. The van der Waals surface area contributed by atoms with Gasteiger partial charge in [-0.05, 0) is 30.2 Å². The van der Waals surface area contributed by atoms with Gasteiger partial charge in [0, 0.05) is 10.0 Å². The van der Waals surface area contributed by atoms with Crippen LogP contribution in [0.25, 0.3) is 0 Å². The maximum atomic E-state index is 6.58. The highest BCUT2D eigenvalue weighted by atomic mass is 79.9. The van der Waals surface area contributed by atoms with Crippen LogP contribution in [0.3, 0.4) is 0 Å². The highest BCUT2D eigenvalue weighted by Gasteiger charge is 2.20. The molecule has 0 saturated carbocycles. The Kier molecular flexibility index (Phi) is 4.18. The topological polar surface area (TPSA) is 18.5 Å². The van der Waals surface area contributed by atoms with Crippen molar-refractivity contribution < 1.29 is 9.47 Å². The first-order valence-electron chi connectivity index (χ1n) is 6.51. The number of hydrogen-bond acceptors (Lipinski definition) is 2. The quantitative estimate of drug-likeness (QED) is 0.742. The lowest BCUT2D eigenvalue weighted by molar-refractivity contribution is 0.170. The Morgan fingerprint density at radius 1 is 1.10 bits per heavy atom. The van der Waals surface area contributed by atoms with Crippen LogP contribution >= 0.6 is 27.5 Å². The molecule has 0 fully saturated rings. The van der Waals surface area contributed by atoms with E-state index in [1.165, 1.54) is 5.56 Å². The molecule has 1 unspecified atom stereocenters. The van der Waals surface area contributed by atoms with E-state index in [1.54, 1.807) is 0 Å². The summed E-state index contributed by atoms with van der Waals surface area (Å²) in [6.07, 6.45) is 0.751. The Bertz CT molecular complexity index is 615. The van der Waals surface area contributed by atoms with Gasteiger partial charge in [-0.2, -0.15) is 0 Å². The second-order valence-corrected chi connectivity index (χ2v) is 6.12. The third-order valence-corrected chi connectivity index (χ3v) is 4.12. The fraction of sp³-hybridized carbons (Fsp3) is 0.250. The molecule has 0 N–H and O–H groups in total. The Labute approximate surface area is 131 Å². The average molecular weight is 354 g/mol. The van der Waals surface area contributed by atoms with Gasteiger partial charge in [-0.25, -0.2) is 0 Å². The molecule has 1 atom stereocenters. The molecule has 2 aromatic carbocycles. The average Bonchev–Trinajstić information content (AvgIpc) is 2.46. The van der Waals surface area contributed by atoms with E-state index >= 15 is 0 Å². The van der Waals surface area contributed by atoms with E-state index in [-0.39, 0.29) is 5.38 Å². The molecule has 104 valence electrons. The van der Waals surface area contributed by atoms with Gasteiger partial charge in [0.2, 0.25) is 0 Å². The van der Waals surface area contributed by atoms with Crippen LogP contribution in [0.1, 0.15) is 16.5 Å². The van der Waals surface area contributed by atoms with Crippen molar-refractivity contribution in [1.29, 1.82) is 0 Å². The summed E-state index contributed by atoms with van der Waals surface area (Å²) in [5.41, 5.74) is 2.18. The number of alkyl halides is 1. The maximum absolute atomic E-state index is 6.58. The predicted octanol–water partition coefficient (Wildman–Crippen LogP) is 4.74. The van der Waals surface area contributed by atoms with Gasteiger partial charge >= 0.3 is 0 Å². The zero-order valence-electron chi connectivity index (χ0n) is 10.8. The molecular formula is C16H14BrClO2. The molecule has 0 bridgehead atoms. The third kappa shape index (κ3) is 2.94. The molecule has 1 aliphatic heterocycles. The van der Waals surface area contributed by atoms with Crippen molar-refractivity contribution >= 4 is 27.5 Å². The fourth-order valence-corrected chi connectivity index (χ4v) is 3.12. The second kappa shape index (κ2) is 6.06. The summed E-state index contributed by atoms with van der Waals surface area (Å²) in [5.74, 6) is 1.57. The van der Waals surface area contributed by atoms with E-state index < -0.39 is 0 Å². The van der Waals surface area contributed by atoms with Crippen molar-refractivity contribution in [3.63, 3.8) is 0 Å². The zero-order valence-corrected chi connectivity index (χ0v) is 13.2. The van der Waals surface area contributed by atoms with Crippen LogP contribution in [0.5, 0.6) is 11.5 Å². The summed E-state index contributed by atoms with van der Waals surface area (Å²) >= 11 is 10.1. The maximum Gasteiger partial charge on any atom is 0.166 e. The third-order valence-electron chi connectivity index (χ3n) is 3.24. The largest absolute Gasteiger partial charge is 0.486 e. The molecule has 0 saturated heterocycles. The van der Waals surface area contributed by atoms with Gasteiger partial charge in [-0.15, -0.1) is 11.6 Å². The first-order chi connectivity index (χ1) is 9.74. The van der Waals surface area contributed by atoms with Crippen molar-refractivity contribution in [3.8, 4) is 11.5 Å². The summed E-state index contributed by atoms with van der Waals surface area (Å²) in [6.45, 7) is 1.17. The van der Waals surface area contributed by atoms with Crippen molar-refractivity contribution in [2.45, 2.75) is 11.8 Å². The number of para-hydroxylation sites is 1. The summed E-state index contributed by atoms with van der Waals surface area (Å²) in [7, 11) is 0. The smallest absolute Gasteiger partial charge is 0.166 e. The van der Waals surface area contributed by atoms with E-state index in [0.717, 1.165) is 28.0 Å². The van der Waals surface area contributed by atoms with Crippen LogP contribution in [0.15, 0.2) is 46.9 Å². The first-order valence-corrected chi connectivity index (χ1v) is 7.74. The molecule has 2 aromatic rings. The molecule has 3 rings (SSSR count). The molecule has 2 nitrogen and oxygen atoms in total. The highest BCUT2D eigenvalue weighted by Crippen LogP contribution is 2.40. The predicted molar refractivity (Wildman–Crippen MR) is 83.9 cm³/mol. The number of rotatable bonds is 3. The molecule has 0 radical (unpaired) electrons. The van der Waals surface area contributed by atoms with Gasteiger partial charge in [0.1, 0.15) is 13.2 Å². The Morgan fingerprint density at radius 2 is 1.90 bits per heavy atom. The number of fused-ring (bicyclic) bond motifs is 1. The molecule has 20 heavy (non-hydrogen) atoms. The lowest BCUT2D eigenvalue weighted by Crippen LogP contribution is -2.17. The Hall–Kier alpha value is -1.19. The Balaban J connectivity index is 1.85. The van der Waals surface area contributed by atoms with Crippen molar-refractivity contribution in [2.24, 2.45) is 0 Å². The normalized spacial score (nSPS) is 14.9. The van der Waals surface area contributed by atoms with Crippen LogP contribution in [0.4, 0.5) is 0 Å². The highest BCUT2D eigenvalue weighted by molar-refractivity contribution is 9.10. The van der Waals surface area contributed by atoms with E-state index in [1.807, 2.05) is 30.3 Å². The summed E-state index contributed by atoms with van der Waals surface area (Å²) < 4.78 is 12.4. The van der Waals surface area contributed by atoms with Crippen molar-refractivity contribution in [3.05, 3.63) is 58.1 Å². The molecular weight excluding hydrogens is 340 g/mol. The van der Waals surface area contributed by atoms with Gasteiger partial charge in [-0.1, -0.05) is 40.2 Å². The summed E-state index contributed by atoms with van der Waals surface area (Å²) in [5, 5.41) is -0.138. The van der Waals surface area contributed by atoms with Gasteiger partial charge in [0.25, 0.3) is 0 Å². The van der Waals surface area contributed by atoms with E-state index in [4.69, 9.17) is 21.1 Å². The van der Waals surface area contributed by atoms with Crippen LogP contribution in [0, 0.1) is 0 Å². The van der Waals surface area contributed by atoms with E-state index in [0.29, 0.717) is 13.2 Å². The molecule has 1 heterocycles. The number of halogens is 2. The minimum absolute atomic E-state index is 0.138. The molecule has 1 aliphatic rings. The molecule has 4 heteroatoms. The minimum Gasteiger partial charge on any atom is -0.486 e. The monoisotopic (exact) mass is 352 g/mol. The summed E-state index contributed by atoms with van der Waals surface area (Å²) in [4.78, 5) is 0. The van der Waals surface area contributed by atoms with Crippen LogP contribution < -0.4 is 9.47 Å². The van der Waals surface area contributed by atoms with Gasteiger partial charge in [-0.3, -0.25) is 0 Å². The van der Waals surface area contributed by atoms with Crippen LogP contribution in [-0.2, 0) is 6.42 Å². The number of hydrogen-bond donors (Lipinski definition) is 0. The van der Waals surface area contributed by atoms with Crippen LogP contribution in [-0.4, -0.2) is 13.2 Å². The lowest BCUT2D eigenvalue weighted by atomic mass is 10.0. The van der Waals surface area contributed by atoms with Crippen molar-refractivity contribution in [2.75, 3.05) is 13.2 Å². The Morgan fingerprint density at radius 3 is 2.75 bits per heavy atom. The standard InChI is InChI=1S/C16H14BrClO2/c17-12-4-1-3-11(9-12)10-14(18)13-5-2-6-15-16(13)20-8-7-19-15/h1-6,9,14H,7-8,10H2. The molecule has 0 aromatic heterocycles. The second-order valence-electron chi connectivity index (χ2n) is 4.67. The zero-order chi connectivity index (χ0) is 13.9. The SMILES string of the molecule is ClC(Cc1cccc(Br)c1)c1cccc2c1OCCO2. The minimum atomic E-state index is -0.138. The van der Waals surface area contributed by atoms with E-state index in [2.05, 4.69) is 28.1 Å². The first kappa shape index (κ1) is 13.8. The van der Waals surface area contributed by atoms with Crippen molar-refractivity contribution in [1.82, 2.24) is 0 Å². The van der Waals surface area contributed by atoms with Crippen LogP contribution in [0.2, 0.25) is 0 Å². The van der Waals surface area contributed by atoms with Gasteiger partial charge in [0.05, 0.1) is 5.38 Å².